The number of hydrogen-bond donors (Lipinski definition) is 2. The van der Waals surface area contributed by atoms with Gasteiger partial charge in [-0.05, 0) is 18.9 Å². The van der Waals surface area contributed by atoms with Crippen molar-refractivity contribution in [3.63, 3.8) is 0 Å². The lowest BCUT2D eigenvalue weighted by Crippen LogP contribution is -2.61. The second-order valence-corrected chi connectivity index (χ2v) is 7.70. The number of rotatable bonds is 4. The number of carbonyl (C=O) groups is 1. The first-order chi connectivity index (χ1) is 15.2. The van der Waals surface area contributed by atoms with E-state index in [1.807, 2.05) is 5.32 Å². The SMILES string of the molecule is O=C(Nc1cn(C(F)F)nc1C(F)(F)F)c1cnn2ccc(N3CC4CCC3CN4)nc12. The van der Waals surface area contributed by atoms with Crippen LogP contribution in [0.3, 0.4) is 0 Å². The van der Waals surface area contributed by atoms with E-state index in [1.165, 1.54) is 4.52 Å². The van der Waals surface area contributed by atoms with Gasteiger partial charge in [0.15, 0.2) is 11.3 Å². The zero-order valence-corrected chi connectivity index (χ0v) is 16.4. The van der Waals surface area contributed by atoms with E-state index in [9.17, 15) is 26.7 Å². The molecule has 3 aliphatic heterocycles. The molecule has 2 atom stereocenters. The zero-order chi connectivity index (χ0) is 22.6. The van der Waals surface area contributed by atoms with Crippen LogP contribution in [0, 0.1) is 0 Å². The van der Waals surface area contributed by atoms with Crippen molar-refractivity contribution < 1.29 is 26.7 Å². The fourth-order valence-corrected chi connectivity index (χ4v) is 4.15. The van der Waals surface area contributed by atoms with E-state index >= 15 is 0 Å². The van der Waals surface area contributed by atoms with Crippen LogP contribution in [0.2, 0.25) is 0 Å². The molecule has 2 unspecified atom stereocenters. The first kappa shape index (κ1) is 20.6. The maximum absolute atomic E-state index is 13.2. The molecule has 0 aliphatic carbocycles. The number of alkyl halides is 5. The van der Waals surface area contributed by atoms with Crippen LogP contribution in [0.5, 0.6) is 0 Å². The van der Waals surface area contributed by atoms with E-state index in [0.29, 0.717) is 18.1 Å². The molecule has 3 saturated heterocycles. The van der Waals surface area contributed by atoms with Gasteiger partial charge < -0.3 is 15.5 Å². The summed E-state index contributed by atoms with van der Waals surface area (Å²) in [4.78, 5) is 19.4. The van der Waals surface area contributed by atoms with Crippen LogP contribution < -0.4 is 15.5 Å². The van der Waals surface area contributed by atoms with Gasteiger partial charge in [-0.25, -0.2) is 14.2 Å². The summed E-state index contributed by atoms with van der Waals surface area (Å²) in [5.41, 5.74) is -2.44. The summed E-state index contributed by atoms with van der Waals surface area (Å²) in [6.07, 6.45) is 0.254. The number of fused-ring (bicyclic) bond motifs is 4. The van der Waals surface area contributed by atoms with Crippen molar-refractivity contribution in [2.75, 3.05) is 23.3 Å². The highest BCUT2D eigenvalue weighted by Gasteiger charge is 2.39. The molecule has 0 radical (unpaired) electrons. The molecule has 3 fully saturated rings. The van der Waals surface area contributed by atoms with Crippen molar-refractivity contribution in [3.8, 4) is 0 Å². The number of nitrogens with one attached hydrogen (secondary N) is 2. The van der Waals surface area contributed by atoms with Crippen LogP contribution in [0.15, 0.2) is 24.7 Å². The Bertz CT molecular complexity index is 1160. The van der Waals surface area contributed by atoms with Crippen LogP contribution in [0.1, 0.15) is 35.4 Å². The molecule has 3 aromatic rings. The monoisotopic (exact) mass is 456 g/mol. The number of piperazine rings is 1. The highest BCUT2D eigenvalue weighted by atomic mass is 19.4. The quantitative estimate of drug-likeness (QED) is 0.587. The predicted molar refractivity (Wildman–Crippen MR) is 102 cm³/mol. The van der Waals surface area contributed by atoms with Gasteiger partial charge in [-0.15, -0.1) is 0 Å². The van der Waals surface area contributed by atoms with Gasteiger partial charge in [0.2, 0.25) is 0 Å². The van der Waals surface area contributed by atoms with Crippen molar-refractivity contribution >= 4 is 23.1 Å². The van der Waals surface area contributed by atoms with Gasteiger partial charge in [0.25, 0.3) is 5.91 Å². The molecular weight excluding hydrogens is 439 g/mol. The molecule has 6 rings (SSSR count). The first-order valence-electron chi connectivity index (χ1n) is 9.81. The molecule has 2 N–H and O–H groups in total. The van der Waals surface area contributed by atoms with Gasteiger partial charge in [0.1, 0.15) is 11.4 Å². The van der Waals surface area contributed by atoms with Crippen LogP contribution in [0.4, 0.5) is 33.5 Å². The highest BCUT2D eigenvalue weighted by Crippen LogP contribution is 2.35. The van der Waals surface area contributed by atoms with Crippen molar-refractivity contribution in [1.29, 1.82) is 0 Å². The molecule has 0 spiro atoms. The standard InChI is InChI=1S/C18H17F5N8O/c19-17(20)31-8-12(14(28-31)18(21,22)23)26-16(32)11-6-25-30-4-3-13(27-15(11)30)29-7-9-1-2-10(29)5-24-9/h3-4,6,8-10,17,24H,1-2,5,7H2,(H,26,32). The third-order valence-corrected chi connectivity index (χ3v) is 5.69. The van der Waals surface area contributed by atoms with E-state index in [0.717, 1.165) is 32.1 Å². The highest BCUT2D eigenvalue weighted by molar-refractivity contribution is 6.08. The number of anilines is 2. The Balaban J connectivity index is 1.46. The molecule has 0 saturated carbocycles. The molecule has 9 nitrogen and oxygen atoms in total. The Hall–Kier alpha value is -3.29. The smallest absolute Gasteiger partial charge is 0.351 e. The Labute approximate surface area is 177 Å². The van der Waals surface area contributed by atoms with Gasteiger partial charge in [0.05, 0.1) is 18.1 Å². The lowest BCUT2D eigenvalue weighted by molar-refractivity contribution is -0.141. The lowest BCUT2D eigenvalue weighted by atomic mass is 9.93. The fourth-order valence-electron chi connectivity index (χ4n) is 4.15. The van der Waals surface area contributed by atoms with Gasteiger partial charge >= 0.3 is 12.7 Å². The van der Waals surface area contributed by atoms with Crippen molar-refractivity contribution in [2.45, 2.75) is 37.7 Å². The molecule has 2 bridgehead atoms. The molecule has 32 heavy (non-hydrogen) atoms. The predicted octanol–water partition coefficient (Wildman–Crippen LogP) is 2.53. The topological polar surface area (TPSA) is 92.4 Å². The minimum absolute atomic E-state index is 0.0925. The number of halogens is 5. The molecule has 6 heterocycles. The Kier molecular flexibility index (Phi) is 4.76. The van der Waals surface area contributed by atoms with Crippen LogP contribution >= 0.6 is 0 Å². The molecule has 14 heteroatoms. The van der Waals surface area contributed by atoms with Gasteiger partial charge in [-0.2, -0.15) is 32.1 Å². The molecular formula is C18H17F5N8O. The molecule has 3 aromatic heterocycles. The summed E-state index contributed by atoms with van der Waals surface area (Å²) >= 11 is 0. The van der Waals surface area contributed by atoms with Crippen molar-refractivity contribution in [2.24, 2.45) is 0 Å². The minimum Gasteiger partial charge on any atom is -0.351 e. The van der Waals surface area contributed by atoms with Crippen molar-refractivity contribution in [3.05, 3.63) is 35.9 Å². The van der Waals surface area contributed by atoms with Crippen molar-refractivity contribution in [1.82, 2.24) is 29.7 Å². The maximum atomic E-state index is 13.2. The molecule has 3 aliphatic rings. The average Bonchev–Trinajstić information content (AvgIpc) is 3.38. The van der Waals surface area contributed by atoms with Crippen LogP contribution in [-0.2, 0) is 6.18 Å². The largest absolute Gasteiger partial charge is 0.437 e. The number of aromatic nitrogens is 5. The first-order valence-corrected chi connectivity index (χ1v) is 9.81. The summed E-state index contributed by atoms with van der Waals surface area (Å²) < 4.78 is 66.4. The fraction of sp³-hybridized carbons (Fsp3) is 0.444. The van der Waals surface area contributed by atoms with E-state index < -0.39 is 30.0 Å². The minimum atomic E-state index is -5.03. The maximum Gasteiger partial charge on any atom is 0.437 e. The number of hydrogen-bond acceptors (Lipinski definition) is 6. The zero-order valence-electron chi connectivity index (χ0n) is 16.4. The van der Waals surface area contributed by atoms with Gasteiger partial charge in [-0.1, -0.05) is 0 Å². The van der Waals surface area contributed by atoms with E-state index in [2.05, 4.69) is 25.4 Å². The number of amides is 1. The van der Waals surface area contributed by atoms with E-state index in [-0.39, 0.29) is 21.9 Å². The average molecular weight is 456 g/mol. The summed E-state index contributed by atoms with van der Waals surface area (Å²) in [6, 6.07) is 2.36. The van der Waals surface area contributed by atoms with Gasteiger partial charge in [-0.3, -0.25) is 4.79 Å². The normalized spacial score (nSPS) is 21.0. The second-order valence-electron chi connectivity index (χ2n) is 7.70. The van der Waals surface area contributed by atoms with Gasteiger partial charge in [0, 0.05) is 31.4 Å². The Morgan fingerprint density at radius 2 is 2.09 bits per heavy atom. The van der Waals surface area contributed by atoms with Crippen LogP contribution in [0.25, 0.3) is 5.65 Å². The summed E-state index contributed by atoms with van der Waals surface area (Å²) in [7, 11) is 0. The molecule has 1 amide bonds. The second kappa shape index (κ2) is 7.39. The summed E-state index contributed by atoms with van der Waals surface area (Å²) in [5.74, 6) is -0.337. The number of nitrogens with zero attached hydrogens (tertiary/aromatic N) is 6. The lowest BCUT2D eigenvalue weighted by Gasteiger charge is -2.46. The number of piperidine rings is 2. The third kappa shape index (κ3) is 3.53. The van der Waals surface area contributed by atoms with E-state index in [1.54, 1.807) is 12.3 Å². The van der Waals surface area contributed by atoms with E-state index in [4.69, 9.17) is 0 Å². The summed E-state index contributed by atoms with van der Waals surface area (Å²) in [6.45, 7) is -1.72. The molecule has 0 aromatic carbocycles. The third-order valence-electron chi connectivity index (χ3n) is 5.69. The summed E-state index contributed by atoms with van der Waals surface area (Å²) in [5, 5.41) is 12.3. The molecule has 170 valence electrons. The Morgan fingerprint density at radius 1 is 1.28 bits per heavy atom. The Morgan fingerprint density at radius 3 is 2.72 bits per heavy atom. The number of carbonyl (C=O) groups excluding carboxylic acids is 1. The van der Waals surface area contributed by atoms with Crippen LogP contribution in [-0.4, -0.2) is 55.5 Å².